The summed E-state index contributed by atoms with van der Waals surface area (Å²) >= 11 is 1.80. The van der Waals surface area contributed by atoms with E-state index in [0.29, 0.717) is 17.5 Å². The van der Waals surface area contributed by atoms with Gasteiger partial charge in [-0.3, -0.25) is 0 Å². The number of nitrogens with zero attached hydrogens (tertiary/aromatic N) is 4. The highest BCUT2D eigenvalue weighted by Crippen LogP contribution is 2.37. The van der Waals surface area contributed by atoms with Crippen LogP contribution in [-0.4, -0.2) is 19.9 Å². The minimum atomic E-state index is 0.643. The fraction of sp³-hybridized carbons (Fsp3) is 0. The molecule has 4 nitrogen and oxygen atoms in total. The molecule has 9 rings (SSSR count). The molecule has 45 heavy (non-hydrogen) atoms. The molecule has 0 spiro atoms. The molecule has 0 aliphatic rings. The van der Waals surface area contributed by atoms with Crippen molar-refractivity contribution in [1.29, 1.82) is 0 Å². The molecule has 3 heterocycles. The van der Waals surface area contributed by atoms with E-state index in [9.17, 15) is 0 Å². The van der Waals surface area contributed by atoms with Gasteiger partial charge < -0.3 is 0 Å². The van der Waals surface area contributed by atoms with Gasteiger partial charge in [-0.25, -0.2) is 19.9 Å². The molecule has 0 bridgehead atoms. The molecule has 6 aromatic carbocycles. The van der Waals surface area contributed by atoms with Crippen LogP contribution in [0.15, 0.2) is 146 Å². The summed E-state index contributed by atoms with van der Waals surface area (Å²) in [5.41, 5.74) is 5.84. The molecule has 9 aromatic rings. The smallest absolute Gasteiger partial charge is 0.164 e. The van der Waals surface area contributed by atoms with Crippen LogP contribution < -0.4 is 0 Å². The van der Waals surface area contributed by atoms with Crippen molar-refractivity contribution in [2.45, 2.75) is 0 Å². The Balaban J connectivity index is 1.23. The summed E-state index contributed by atoms with van der Waals surface area (Å²) in [4.78, 5) is 20.1. The molecule has 0 fully saturated rings. The van der Waals surface area contributed by atoms with Crippen molar-refractivity contribution in [3.05, 3.63) is 146 Å². The summed E-state index contributed by atoms with van der Waals surface area (Å²) < 4.78 is 2.49. The normalized spacial score (nSPS) is 11.6. The number of rotatable bonds is 4. The second-order valence-corrected chi connectivity index (χ2v) is 12.2. The van der Waals surface area contributed by atoms with Crippen molar-refractivity contribution in [3.63, 3.8) is 0 Å². The lowest BCUT2D eigenvalue weighted by molar-refractivity contribution is 1.08. The molecule has 0 aliphatic heterocycles. The van der Waals surface area contributed by atoms with Crippen molar-refractivity contribution in [3.8, 4) is 45.4 Å². The largest absolute Gasteiger partial charge is 0.248 e. The molecule has 0 saturated carbocycles. The average Bonchev–Trinajstić information content (AvgIpc) is 3.49. The van der Waals surface area contributed by atoms with Gasteiger partial charge in [-0.2, -0.15) is 0 Å². The Labute approximate surface area is 263 Å². The average molecular weight is 593 g/mol. The van der Waals surface area contributed by atoms with E-state index in [1.807, 2.05) is 42.5 Å². The van der Waals surface area contributed by atoms with Gasteiger partial charge in [0.2, 0.25) is 0 Å². The maximum Gasteiger partial charge on any atom is 0.164 e. The molecule has 0 amide bonds. The molecular formula is C40H24N4S. The highest BCUT2D eigenvalue weighted by molar-refractivity contribution is 7.25. The quantitative estimate of drug-likeness (QED) is 0.204. The lowest BCUT2D eigenvalue weighted by Gasteiger charge is -2.11. The third-order valence-electron chi connectivity index (χ3n) is 8.32. The number of aromatic nitrogens is 4. The van der Waals surface area contributed by atoms with E-state index in [1.165, 1.54) is 20.2 Å². The minimum absolute atomic E-state index is 0.643. The minimum Gasteiger partial charge on any atom is -0.248 e. The third kappa shape index (κ3) is 4.53. The van der Waals surface area contributed by atoms with Gasteiger partial charge in [-0.1, -0.05) is 115 Å². The van der Waals surface area contributed by atoms with Crippen molar-refractivity contribution < 1.29 is 0 Å². The predicted molar refractivity (Wildman–Crippen MR) is 187 cm³/mol. The predicted octanol–water partition coefficient (Wildman–Crippen LogP) is 10.6. The van der Waals surface area contributed by atoms with E-state index in [1.54, 1.807) is 11.3 Å². The maximum absolute atomic E-state index is 5.12. The SMILES string of the molecule is c1ccc(-c2nc(-c3ccc4c(c3)sc3ccccc34)nc(-c3cccc4ccc(-c5ccc6ccccc6n5)cc34)n2)cc1. The first kappa shape index (κ1) is 25.7. The molecular weight excluding hydrogens is 569 g/mol. The Morgan fingerprint density at radius 2 is 1.09 bits per heavy atom. The van der Waals surface area contributed by atoms with Crippen molar-refractivity contribution >= 4 is 53.2 Å². The standard InChI is InChI=1S/C40H24N4S/c1-2-10-27(11-3-1)38-42-39(29-19-21-31-30-13-5-7-16-36(30)45-37(31)24-29)44-40(43-38)32-14-8-12-25-17-18-28(23-33(25)32)35-22-20-26-9-4-6-15-34(26)41-35/h1-24H. The summed E-state index contributed by atoms with van der Waals surface area (Å²) in [5.74, 6) is 1.95. The Bertz CT molecular complexity index is 2550. The Kier molecular flexibility index (Phi) is 5.96. The lowest BCUT2D eigenvalue weighted by Crippen LogP contribution is -2.00. The van der Waals surface area contributed by atoms with Gasteiger partial charge in [-0.15, -0.1) is 11.3 Å². The van der Waals surface area contributed by atoms with Crippen LogP contribution in [0.5, 0.6) is 0 Å². The van der Waals surface area contributed by atoms with Crippen molar-refractivity contribution in [2.24, 2.45) is 0 Å². The summed E-state index contributed by atoms with van der Waals surface area (Å²) in [7, 11) is 0. The Morgan fingerprint density at radius 3 is 2.02 bits per heavy atom. The highest BCUT2D eigenvalue weighted by atomic mass is 32.1. The monoisotopic (exact) mass is 592 g/mol. The first-order valence-electron chi connectivity index (χ1n) is 14.9. The van der Waals surface area contributed by atoms with Crippen molar-refractivity contribution in [1.82, 2.24) is 19.9 Å². The first-order valence-corrected chi connectivity index (χ1v) is 15.7. The molecule has 0 unspecified atom stereocenters. The summed E-state index contributed by atoms with van der Waals surface area (Å²) in [6.07, 6.45) is 0. The van der Waals surface area contributed by atoms with Crippen molar-refractivity contribution in [2.75, 3.05) is 0 Å². The van der Waals surface area contributed by atoms with Crippen LogP contribution in [0, 0.1) is 0 Å². The fourth-order valence-corrected chi connectivity index (χ4v) is 7.21. The van der Waals surface area contributed by atoms with E-state index in [0.717, 1.165) is 49.6 Å². The van der Waals surface area contributed by atoms with Gasteiger partial charge in [0, 0.05) is 47.8 Å². The lowest BCUT2D eigenvalue weighted by atomic mass is 9.99. The summed E-state index contributed by atoms with van der Waals surface area (Å²) in [5, 5.41) is 5.84. The zero-order valence-corrected chi connectivity index (χ0v) is 24.9. The zero-order valence-electron chi connectivity index (χ0n) is 24.1. The number of para-hydroxylation sites is 1. The number of hydrogen-bond donors (Lipinski definition) is 0. The number of hydrogen-bond acceptors (Lipinski definition) is 5. The summed E-state index contributed by atoms with van der Waals surface area (Å²) in [6, 6.07) is 50.4. The number of fused-ring (bicyclic) bond motifs is 5. The van der Waals surface area contributed by atoms with Crippen LogP contribution in [0.2, 0.25) is 0 Å². The molecule has 0 N–H and O–H groups in total. The molecule has 0 saturated heterocycles. The highest BCUT2D eigenvalue weighted by Gasteiger charge is 2.16. The zero-order chi connectivity index (χ0) is 29.7. The molecule has 0 aliphatic carbocycles. The van der Waals surface area contributed by atoms with Crippen LogP contribution in [0.4, 0.5) is 0 Å². The second-order valence-electron chi connectivity index (χ2n) is 11.1. The Hall–Kier alpha value is -5.78. The topological polar surface area (TPSA) is 51.6 Å². The molecule has 3 aromatic heterocycles. The van der Waals surface area contributed by atoms with Crippen LogP contribution >= 0.6 is 11.3 Å². The van der Waals surface area contributed by atoms with E-state index in [4.69, 9.17) is 19.9 Å². The van der Waals surface area contributed by atoms with E-state index >= 15 is 0 Å². The van der Waals surface area contributed by atoms with Gasteiger partial charge in [0.1, 0.15) is 0 Å². The second kappa shape index (κ2) is 10.4. The number of pyridine rings is 1. The van der Waals surface area contributed by atoms with Gasteiger partial charge in [0.05, 0.1) is 11.2 Å². The van der Waals surface area contributed by atoms with Gasteiger partial charge in [0.25, 0.3) is 0 Å². The molecule has 5 heteroatoms. The molecule has 0 atom stereocenters. The molecule has 0 radical (unpaired) electrons. The van der Waals surface area contributed by atoms with Gasteiger partial charge in [-0.05, 0) is 41.1 Å². The van der Waals surface area contributed by atoms with E-state index in [2.05, 4.69) is 103 Å². The summed E-state index contributed by atoms with van der Waals surface area (Å²) in [6.45, 7) is 0. The maximum atomic E-state index is 5.12. The Morgan fingerprint density at radius 1 is 0.378 bits per heavy atom. The first-order chi connectivity index (χ1) is 22.3. The van der Waals surface area contributed by atoms with Gasteiger partial charge in [0.15, 0.2) is 17.5 Å². The van der Waals surface area contributed by atoms with Crippen LogP contribution in [-0.2, 0) is 0 Å². The van der Waals surface area contributed by atoms with Crippen LogP contribution in [0.1, 0.15) is 0 Å². The number of benzene rings is 6. The van der Waals surface area contributed by atoms with E-state index in [-0.39, 0.29) is 0 Å². The fourth-order valence-electron chi connectivity index (χ4n) is 6.06. The van der Waals surface area contributed by atoms with E-state index < -0.39 is 0 Å². The molecule has 210 valence electrons. The third-order valence-corrected chi connectivity index (χ3v) is 9.46. The van der Waals surface area contributed by atoms with Crippen LogP contribution in [0.25, 0.3) is 87.3 Å². The van der Waals surface area contributed by atoms with Crippen LogP contribution in [0.3, 0.4) is 0 Å². The number of thiophene rings is 1. The van der Waals surface area contributed by atoms with Gasteiger partial charge >= 0.3 is 0 Å².